The number of unbranched alkanes of at least 4 members (excludes halogenated alkanes) is 9. The fraction of sp³-hybridized carbons (Fsp3) is 0.591. The highest BCUT2D eigenvalue weighted by Crippen LogP contribution is 2.27. The molecular weight excluding hydrogens is 374 g/mol. The average Bonchev–Trinajstić information content (AvgIpc) is 2.66. The predicted molar refractivity (Wildman–Crippen MR) is 112 cm³/mol. The minimum atomic E-state index is 0.871. The SMILES string of the molecule is COc1ccc(CCCCCCCCCCCCBr)c2cccnc12. The van der Waals surface area contributed by atoms with E-state index < -0.39 is 0 Å². The molecule has 0 radical (unpaired) electrons. The van der Waals surface area contributed by atoms with Gasteiger partial charge in [0.25, 0.3) is 0 Å². The van der Waals surface area contributed by atoms with Crippen LogP contribution < -0.4 is 4.74 Å². The molecule has 1 heterocycles. The molecule has 0 saturated carbocycles. The van der Waals surface area contributed by atoms with E-state index in [1.807, 2.05) is 12.3 Å². The molecular formula is C22H32BrNO. The van der Waals surface area contributed by atoms with Gasteiger partial charge >= 0.3 is 0 Å². The van der Waals surface area contributed by atoms with Crippen molar-refractivity contribution in [2.75, 3.05) is 12.4 Å². The van der Waals surface area contributed by atoms with Gasteiger partial charge in [-0.05, 0) is 37.0 Å². The molecule has 2 nitrogen and oxygen atoms in total. The van der Waals surface area contributed by atoms with E-state index in [4.69, 9.17) is 4.74 Å². The standard InChI is InChI=1S/C22H32BrNO/c1-25-21-16-15-19(20-14-12-18-24-22(20)21)13-10-8-6-4-2-3-5-7-9-11-17-23/h12,14-16,18H,2-11,13,17H2,1H3. The Hall–Kier alpha value is -1.09. The third-order valence-corrected chi connectivity index (χ3v) is 5.43. The first-order valence-electron chi connectivity index (χ1n) is 9.83. The first kappa shape index (κ1) is 20.2. The van der Waals surface area contributed by atoms with E-state index >= 15 is 0 Å². The first-order chi connectivity index (χ1) is 12.4. The number of ether oxygens (including phenoxy) is 1. The van der Waals surface area contributed by atoms with E-state index in [1.54, 1.807) is 7.11 Å². The van der Waals surface area contributed by atoms with Gasteiger partial charge in [-0.25, -0.2) is 0 Å². The number of pyridine rings is 1. The molecule has 0 aliphatic carbocycles. The van der Waals surface area contributed by atoms with Gasteiger partial charge in [0.15, 0.2) is 0 Å². The molecule has 0 spiro atoms. The van der Waals surface area contributed by atoms with Crippen LogP contribution in [0.1, 0.15) is 69.8 Å². The maximum Gasteiger partial charge on any atom is 0.145 e. The van der Waals surface area contributed by atoms with Gasteiger partial charge in [-0.2, -0.15) is 0 Å². The molecule has 0 atom stereocenters. The fourth-order valence-corrected chi connectivity index (χ4v) is 3.81. The summed E-state index contributed by atoms with van der Waals surface area (Å²) in [5, 5.41) is 2.40. The molecule has 2 rings (SSSR count). The maximum absolute atomic E-state index is 5.43. The molecule has 138 valence electrons. The number of halogens is 1. The normalized spacial score (nSPS) is 11.1. The van der Waals surface area contributed by atoms with Gasteiger partial charge in [-0.1, -0.05) is 79.4 Å². The first-order valence-corrected chi connectivity index (χ1v) is 11.0. The fourth-order valence-electron chi connectivity index (χ4n) is 3.41. The summed E-state index contributed by atoms with van der Waals surface area (Å²) in [6, 6.07) is 8.44. The number of aryl methyl sites for hydroxylation is 1. The van der Waals surface area contributed by atoms with Crippen LogP contribution in [0.25, 0.3) is 10.9 Å². The highest BCUT2D eigenvalue weighted by atomic mass is 79.9. The lowest BCUT2D eigenvalue weighted by atomic mass is 10.0. The zero-order valence-corrected chi connectivity index (χ0v) is 17.2. The van der Waals surface area contributed by atoms with Gasteiger partial charge < -0.3 is 4.74 Å². The number of hydrogen-bond donors (Lipinski definition) is 0. The smallest absolute Gasteiger partial charge is 0.145 e. The van der Waals surface area contributed by atoms with Crippen LogP contribution in [0.3, 0.4) is 0 Å². The topological polar surface area (TPSA) is 22.1 Å². The van der Waals surface area contributed by atoms with Crippen molar-refractivity contribution in [3.05, 3.63) is 36.0 Å². The Morgan fingerprint density at radius 3 is 2.12 bits per heavy atom. The lowest BCUT2D eigenvalue weighted by molar-refractivity contribution is 0.418. The van der Waals surface area contributed by atoms with Crippen LogP contribution in [0.2, 0.25) is 0 Å². The number of nitrogens with zero attached hydrogens (tertiary/aromatic N) is 1. The highest BCUT2D eigenvalue weighted by Gasteiger charge is 2.06. The molecule has 3 heteroatoms. The van der Waals surface area contributed by atoms with Crippen molar-refractivity contribution in [1.82, 2.24) is 4.98 Å². The summed E-state index contributed by atoms with van der Waals surface area (Å²) in [4.78, 5) is 4.49. The highest BCUT2D eigenvalue weighted by molar-refractivity contribution is 9.09. The zero-order chi connectivity index (χ0) is 17.7. The Balaban J connectivity index is 1.63. The number of fused-ring (bicyclic) bond motifs is 1. The van der Waals surface area contributed by atoms with E-state index in [-0.39, 0.29) is 0 Å². The Kier molecular flexibility index (Phi) is 9.95. The molecule has 0 fully saturated rings. The molecule has 2 aromatic rings. The van der Waals surface area contributed by atoms with Gasteiger partial charge in [-0.15, -0.1) is 0 Å². The second-order valence-corrected chi connectivity index (χ2v) is 7.59. The van der Waals surface area contributed by atoms with Crippen molar-refractivity contribution in [3.8, 4) is 5.75 Å². The molecule has 0 aliphatic heterocycles. The summed E-state index contributed by atoms with van der Waals surface area (Å²) in [6.45, 7) is 0. The van der Waals surface area contributed by atoms with E-state index in [0.29, 0.717) is 0 Å². The zero-order valence-electron chi connectivity index (χ0n) is 15.6. The second kappa shape index (κ2) is 12.3. The molecule has 1 aromatic heterocycles. The summed E-state index contributed by atoms with van der Waals surface area (Å²) in [7, 11) is 1.71. The number of benzene rings is 1. The molecule has 0 N–H and O–H groups in total. The van der Waals surface area contributed by atoms with Crippen LogP contribution >= 0.6 is 15.9 Å². The Labute approximate surface area is 161 Å². The van der Waals surface area contributed by atoms with Crippen molar-refractivity contribution >= 4 is 26.8 Å². The lowest BCUT2D eigenvalue weighted by Gasteiger charge is -2.09. The Morgan fingerprint density at radius 1 is 0.840 bits per heavy atom. The van der Waals surface area contributed by atoms with E-state index in [2.05, 4.69) is 39.1 Å². The maximum atomic E-state index is 5.43. The van der Waals surface area contributed by atoms with Crippen molar-refractivity contribution < 1.29 is 4.74 Å². The van der Waals surface area contributed by atoms with Crippen LogP contribution in [-0.2, 0) is 6.42 Å². The van der Waals surface area contributed by atoms with Crippen molar-refractivity contribution in [2.45, 2.75) is 70.6 Å². The largest absolute Gasteiger partial charge is 0.494 e. The second-order valence-electron chi connectivity index (χ2n) is 6.80. The molecule has 0 unspecified atom stereocenters. The van der Waals surface area contributed by atoms with Crippen LogP contribution in [0, 0.1) is 0 Å². The van der Waals surface area contributed by atoms with Gasteiger partial charge in [0, 0.05) is 16.9 Å². The van der Waals surface area contributed by atoms with Crippen molar-refractivity contribution in [2.24, 2.45) is 0 Å². The third-order valence-electron chi connectivity index (χ3n) is 4.87. The summed E-state index contributed by atoms with van der Waals surface area (Å²) in [5.74, 6) is 0.871. The van der Waals surface area contributed by atoms with E-state index in [0.717, 1.165) is 23.0 Å². The van der Waals surface area contributed by atoms with Gasteiger partial charge in [-0.3, -0.25) is 4.98 Å². The van der Waals surface area contributed by atoms with Crippen LogP contribution in [0.15, 0.2) is 30.5 Å². The summed E-state index contributed by atoms with van der Waals surface area (Å²) in [6.07, 6.45) is 16.7. The molecule has 0 amide bonds. The molecule has 0 aliphatic rings. The van der Waals surface area contributed by atoms with Crippen molar-refractivity contribution in [1.29, 1.82) is 0 Å². The van der Waals surface area contributed by atoms with E-state index in [9.17, 15) is 0 Å². The number of hydrogen-bond acceptors (Lipinski definition) is 2. The average molecular weight is 406 g/mol. The summed E-state index contributed by atoms with van der Waals surface area (Å²) in [5.41, 5.74) is 2.39. The number of rotatable bonds is 13. The van der Waals surface area contributed by atoms with Crippen LogP contribution in [-0.4, -0.2) is 17.4 Å². The Bertz CT molecular complexity index is 614. The molecule has 1 aromatic carbocycles. The molecule has 25 heavy (non-hydrogen) atoms. The minimum Gasteiger partial charge on any atom is -0.494 e. The monoisotopic (exact) mass is 405 g/mol. The number of aromatic nitrogens is 1. The predicted octanol–water partition coefficient (Wildman–Crippen LogP) is 7.08. The van der Waals surface area contributed by atoms with Gasteiger partial charge in [0.1, 0.15) is 11.3 Å². The number of alkyl halides is 1. The lowest BCUT2D eigenvalue weighted by Crippen LogP contribution is -1.93. The van der Waals surface area contributed by atoms with Crippen LogP contribution in [0.4, 0.5) is 0 Å². The summed E-state index contributed by atoms with van der Waals surface area (Å²) >= 11 is 3.49. The molecule has 0 bridgehead atoms. The minimum absolute atomic E-state index is 0.871. The van der Waals surface area contributed by atoms with Gasteiger partial charge in [0.2, 0.25) is 0 Å². The van der Waals surface area contributed by atoms with Gasteiger partial charge in [0.05, 0.1) is 7.11 Å². The quantitative estimate of drug-likeness (QED) is 0.262. The third kappa shape index (κ3) is 6.97. The Morgan fingerprint density at radius 2 is 1.48 bits per heavy atom. The summed E-state index contributed by atoms with van der Waals surface area (Å²) < 4.78 is 5.43. The van der Waals surface area contributed by atoms with Crippen molar-refractivity contribution in [3.63, 3.8) is 0 Å². The molecule has 0 saturated heterocycles. The van der Waals surface area contributed by atoms with E-state index in [1.165, 1.54) is 75.2 Å². The van der Waals surface area contributed by atoms with Crippen LogP contribution in [0.5, 0.6) is 5.75 Å². The number of methoxy groups -OCH3 is 1.